The maximum absolute atomic E-state index is 14.0. The Morgan fingerprint density at radius 1 is 1.25 bits per heavy atom. The van der Waals surface area contributed by atoms with Crippen molar-refractivity contribution in [2.75, 3.05) is 18.4 Å². The van der Waals surface area contributed by atoms with Gasteiger partial charge in [-0.25, -0.2) is 18.2 Å². The third-order valence-corrected chi connectivity index (χ3v) is 5.51. The number of aromatic nitrogens is 1. The number of carbonyl (C=O) groups is 2. The summed E-state index contributed by atoms with van der Waals surface area (Å²) in [5, 5.41) is 2.89. The minimum Gasteiger partial charge on any atom is -0.339 e. The van der Waals surface area contributed by atoms with Crippen LogP contribution in [0.4, 0.5) is 18.3 Å². The Bertz CT molecular complexity index is 913. The van der Waals surface area contributed by atoms with Gasteiger partial charge in [0, 0.05) is 36.0 Å². The number of nitrogens with one attached hydrogen (secondary N) is 1. The van der Waals surface area contributed by atoms with Gasteiger partial charge in [-0.15, -0.1) is 11.3 Å². The molecule has 1 fully saturated rings. The molecule has 28 heavy (non-hydrogen) atoms. The Hall–Kier alpha value is -2.68. The Balaban J connectivity index is 1.72. The summed E-state index contributed by atoms with van der Waals surface area (Å²) in [5.41, 5.74) is -0.395. The first-order valence-electron chi connectivity index (χ1n) is 8.64. The highest BCUT2D eigenvalue weighted by Crippen LogP contribution is 2.34. The first kappa shape index (κ1) is 20.1. The van der Waals surface area contributed by atoms with Gasteiger partial charge in [0.05, 0.1) is 11.3 Å². The SMILES string of the molecule is C=CC(=O)N1CCC(C(=O)Nc2nc(-c3c(F)cc(F)cc3F)c(C)s2)CC1. The summed E-state index contributed by atoms with van der Waals surface area (Å²) in [6.07, 6.45) is 2.25. The monoisotopic (exact) mass is 409 g/mol. The fourth-order valence-electron chi connectivity index (χ4n) is 3.15. The van der Waals surface area contributed by atoms with Gasteiger partial charge in [-0.05, 0) is 25.8 Å². The molecule has 0 saturated carbocycles. The van der Waals surface area contributed by atoms with Gasteiger partial charge < -0.3 is 10.2 Å². The maximum atomic E-state index is 14.0. The first-order valence-corrected chi connectivity index (χ1v) is 9.46. The van der Waals surface area contributed by atoms with Crippen molar-refractivity contribution < 1.29 is 22.8 Å². The van der Waals surface area contributed by atoms with Crippen molar-refractivity contribution in [2.24, 2.45) is 5.92 Å². The predicted octanol–water partition coefficient (Wildman–Crippen LogP) is 3.90. The Labute approximate surface area is 163 Å². The lowest BCUT2D eigenvalue weighted by Crippen LogP contribution is -2.40. The summed E-state index contributed by atoms with van der Waals surface area (Å²) in [6, 6.07) is 1.18. The van der Waals surface area contributed by atoms with Gasteiger partial charge >= 0.3 is 0 Å². The molecule has 0 bridgehead atoms. The van der Waals surface area contributed by atoms with Crippen LogP contribution in [0.3, 0.4) is 0 Å². The second kappa shape index (κ2) is 8.14. The van der Waals surface area contributed by atoms with Gasteiger partial charge in [-0.2, -0.15) is 0 Å². The van der Waals surface area contributed by atoms with Gasteiger partial charge in [-0.3, -0.25) is 9.59 Å². The van der Waals surface area contributed by atoms with Crippen molar-refractivity contribution in [2.45, 2.75) is 19.8 Å². The van der Waals surface area contributed by atoms with Crippen LogP contribution in [0.25, 0.3) is 11.3 Å². The molecule has 5 nitrogen and oxygen atoms in total. The van der Waals surface area contributed by atoms with Crippen LogP contribution in [-0.4, -0.2) is 34.8 Å². The van der Waals surface area contributed by atoms with Gasteiger partial charge in [0.15, 0.2) is 5.13 Å². The molecule has 1 aromatic carbocycles. The molecular weight excluding hydrogens is 391 g/mol. The number of halogens is 3. The highest BCUT2D eigenvalue weighted by Gasteiger charge is 2.27. The Kier molecular flexibility index (Phi) is 5.83. The number of carbonyl (C=O) groups excluding carboxylic acids is 2. The average Bonchev–Trinajstić information content (AvgIpc) is 3.00. The number of thiazole rings is 1. The number of amides is 2. The topological polar surface area (TPSA) is 62.3 Å². The molecule has 1 aromatic heterocycles. The molecule has 2 aromatic rings. The van der Waals surface area contributed by atoms with Crippen molar-refractivity contribution in [1.82, 2.24) is 9.88 Å². The Morgan fingerprint density at radius 3 is 2.43 bits per heavy atom. The summed E-state index contributed by atoms with van der Waals surface area (Å²) in [5.74, 6) is -3.83. The summed E-state index contributed by atoms with van der Waals surface area (Å²) < 4.78 is 41.2. The molecule has 1 saturated heterocycles. The van der Waals surface area contributed by atoms with E-state index in [4.69, 9.17) is 0 Å². The van der Waals surface area contributed by atoms with Gasteiger partial charge in [0.2, 0.25) is 11.8 Å². The van der Waals surface area contributed by atoms with E-state index >= 15 is 0 Å². The number of rotatable bonds is 4. The van der Waals surface area contributed by atoms with Crippen LogP contribution < -0.4 is 5.32 Å². The lowest BCUT2D eigenvalue weighted by molar-refractivity contribution is -0.130. The van der Waals surface area contributed by atoms with Gasteiger partial charge in [0.1, 0.15) is 17.5 Å². The molecule has 2 heterocycles. The summed E-state index contributed by atoms with van der Waals surface area (Å²) in [7, 11) is 0. The molecule has 1 aliphatic heterocycles. The fourth-order valence-corrected chi connectivity index (χ4v) is 3.97. The molecule has 0 unspecified atom stereocenters. The van der Waals surface area contributed by atoms with Crippen molar-refractivity contribution in [3.63, 3.8) is 0 Å². The molecule has 0 atom stereocenters. The largest absolute Gasteiger partial charge is 0.339 e. The van der Waals surface area contributed by atoms with Crippen molar-refractivity contribution >= 4 is 28.3 Å². The number of nitrogens with zero attached hydrogens (tertiary/aromatic N) is 2. The average molecular weight is 409 g/mol. The molecule has 2 amide bonds. The molecule has 0 radical (unpaired) electrons. The predicted molar refractivity (Wildman–Crippen MR) is 100 cm³/mol. The number of aryl methyl sites for hydroxylation is 1. The number of benzene rings is 1. The van der Waals surface area contributed by atoms with E-state index < -0.39 is 23.0 Å². The number of anilines is 1. The minimum absolute atomic E-state index is 0.0294. The molecule has 0 spiro atoms. The lowest BCUT2D eigenvalue weighted by atomic mass is 9.96. The van der Waals surface area contributed by atoms with Crippen LogP contribution >= 0.6 is 11.3 Å². The first-order chi connectivity index (χ1) is 13.3. The number of hydrogen-bond donors (Lipinski definition) is 1. The zero-order valence-corrected chi connectivity index (χ0v) is 15.9. The molecule has 0 aliphatic carbocycles. The van der Waals surface area contributed by atoms with E-state index in [1.165, 1.54) is 6.08 Å². The number of piperidine rings is 1. The summed E-state index contributed by atoms with van der Waals surface area (Å²) in [6.45, 7) is 5.97. The van der Waals surface area contributed by atoms with E-state index in [1.807, 2.05) is 0 Å². The smallest absolute Gasteiger partial charge is 0.245 e. The minimum atomic E-state index is -1.05. The van der Waals surface area contributed by atoms with Crippen molar-refractivity contribution in [3.8, 4) is 11.3 Å². The van der Waals surface area contributed by atoms with Crippen molar-refractivity contribution in [1.29, 1.82) is 0 Å². The second-order valence-electron chi connectivity index (χ2n) is 6.46. The molecular formula is C19H18F3N3O2S. The van der Waals surface area contributed by atoms with E-state index in [-0.39, 0.29) is 28.6 Å². The van der Waals surface area contributed by atoms with E-state index in [9.17, 15) is 22.8 Å². The number of hydrogen-bond acceptors (Lipinski definition) is 4. The highest BCUT2D eigenvalue weighted by atomic mass is 32.1. The maximum Gasteiger partial charge on any atom is 0.245 e. The second-order valence-corrected chi connectivity index (χ2v) is 7.66. The molecule has 3 rings (SSSR count). The zero-order chi connectivity index (χ0) is 20.4. The van der Waals surface area contributed by atoms with E-state index in [1.54, 1.807) is 11.8 Å². The quantitative estimate of drug-likeness (QED) is 0.779. The lowest BCUT2D eigenvalue weighted by Gasteiger charge is -2.30. The highest BCUT2D eigenvalue weighted by molar-refractivity contribution is 7.16. The third kappa shape index (κ3) is 4.09. The van der Waals surface area contributed by atoms with Crippen LogP contribution in [0.2, 0.25) is 0 Å². The van der Waals surface area contributed by atoms with E-state index in [0.717, 1.165) is 11.3 Å². The Morgan fingerprint density at radius 2 is 1.86 bits per heavy atom. The van der Waals surface area contributed by atoms with Crippen molar-refractivity contribution in [3.05, 3.63) is 47.1 Å². The van der Waals surface area contributed by atoms with Crippen LogP contribution in [0.15, 0.2) is 24.8 Å². The van der Waals surface area contributed by atoms with Gasteiger partial charge in [0.25, 0.3) is 0 Å². The fraction of sp³-hybridized carbons (Fsp3) is 0.316. The van der Waals surface area contributed by atoms with Crippen LogP contribution in [0, 0.1) is 30.3 Å². The summed E-state index contributed by atoms with van der Waals surface area (Å²) >= 11 is 1.08. The van der Waals surface area contributed by atoms with E-state index in [0.29, 0.717) is 42.9 Å². The van der Waals surface area contributed by atoms with Crippen LogP contribution in [0.1, 0.15) is 17.7 Å². The zero-order valence-electron chi connectivity index (χ0n) is 15.1. The molecule has 1 N–H and O–H groups in total. The molecule has 9 heteroatoms. The third-order valence-electron chi connectivity index (χ3n) is 4.62. The van der Waals surface area contributed by atoms with Crippen LogP contribution in [-0.2, 0) is 9.59 Å². The normalized spacial score (nSPS) is 14.8. The van der Waals surface area contributed by atoms with E-state index in [2.05, 4.69) is 16.9 Å². The molecule has 1 aliphatic rings. The van der Waals surface area contributed by atoms with Crippen LogP contribution in [0.5, 0.6) is 0 Å². The standard InChI is InChI=1S/C19H18F3N3O2S/c1-3-15(26)25-6-4-11(5-7-25)18(27)24-19-23-17(10(2)28-19)16-13(21)8-12(20)9-14(16)22/h3,8-9,11H,1,4-7H2,2H3,(H,23,24,27). The number of likely N-dealkylation sites (tertiary alicyclic amines) is 1. The molecule has 148 valence electrons. The summed E-state index contributed by atoms with van der Waals surface area (Å²) in [4.78, 5) is 30.3. The van der Waals surface area contributed by atoms with Gasteiger partial charge in [-0.1, -0.05) is 6.58 Å².